The summed E-state index contributed by atoms with van der Waals surface area (Å²) in [5.74, 6) is 0. The molecule has 0 radical (unpaired) electrons. The molecule has 11 aromatic rings. The second-order valence-electron chi connectivity index (χ2n) is 13.9. The third kappa shape index (κ3) is 4.26. The van der Waals surface area contributed by atoms with E-state index in [1.807, 2.05) is 6.07 Å². The van der Waals surface area contributed by atoms with Crippen LogP contribution in [-0.4, -0.2) is 0 Å². The summed E-state index contributed by atoms with van der Waals surface area (Å²) >= 11 is 0. The monoisotopic (exact) mass is 670 g/mol. The Kier molecular flexibility index (Phi) is 6.09. The Bertz CT molecular complexity index is 3470. The van der Waals surface area contributed by atoms with Crippen molar-refractivity contribution in [2.24, 2.45) is 0 Å². The highest BCUT2D eigenvalue weighted by molar-refractivity contribution is 6.33. The first-order valence-electron chi connectivity index (χ1n) is 17.7. The zero-order chi connectivity index (χ0) is 35.2. The molecule has 0 aliphatic heterocycles. The molecule has 0 aliphatic rings. The molecule has 0 aliphatic carbocycles. The molecule has 0 N–H and O–H groups in total. The molecule has 0 saturated carbocycles. The lowest BCUT2D eigenvalue weighted by Gasteiger charge is -2.13. The van der Waals surface area contributed by atoms with Crippen molar-refractivity contribution in [1.82, 2.24) is 0 Å². The van der Waals surface area contributed by atoms with Gasteiger partial charge in [0.1, 0.15) is 23.3 Å². The van der Waals surface area contributed by atoms with Crippen LogP contribution in [0.15, 0.2) is 162 Å². The third-order valence-corrected chi connectivity index (χ3v) is 11.1. The fourth-order valence-electron chi connectivity index (χ4n) is 8.55. The van der Waals surface area contributed by atoms with Crippen molar-refractivity contribution in [1.29, 1.82) is 10.5 Å². The van der Waals surface area contributed by atoms with Gasteiger partial charge in [-0.1, -0.05) is 121 Å². The number of nitriles is 2. The van der Waals surface area contributed by atoms with Crippen LogP contribution in [0.2, 0.25) is 0 Å². The number of fused-ring (bicyclic) bond motifs is 15. The predicted octanol–water partition coefficient (Wildman–Crippen LogP) is 13.6. The maximum atomic E-state index is 9.54. The van der Waals surface area contributed by atoms with Crippen LogP contribution < -0.4 is 0 Å². The molecule has 3 heteroatoms. The Morgan fingerprint density at radius 3 is 1.47 bits per heavy atom. The van der Waals surface area contributed by atoms with Crippen molar-refractivity contribution in [2.45, 2.75) is 0 Å². The smallest absolute Gasteiger partial charge is 0.143 e. The zero-order valence-electron chi connectivity index (χ0n) is 28.3. The Labute approximate surface area is 303 Å². The predicted molar refractivity (Wildman–Crippen MR) is 219 cm³/mol. The van der Waals surface area contributed by atoms with E-state index in [-0.39, 0.29) is 0 Å². The van der Waals surface area contributed by atoms with Gasteiger partial charge in [0.2, 0.25) is 0 Å². The lowest BCUT2D eigenvalue weighted by molar-refractivity contribution is 0.673. The van der Waals surface area contributed by atoms with Gasteiger partial charge in [0, 0.05) is 16.2 Å². The van der Waals surface area contributed by atoms with Crippen LogP contribution in [0.4, 0.5) is 0 Å². The summed E-state index contributed by atoms with van der Waals surface area (Å²) in [5, 5.41) is 35.2. The largest absolute Gasteiger partial charge is 0.455 e. The van der Waals surface area contributed by atoms with Gasteiger partial charge < -0.3 is 4.42 Å². The van der Waals surface area contributed by atoms with E-state index < -0.39 is 0 Å². The topological polar surface area (TPSA) is 60.7 Å². The summed E-state index contributed by atoms with van der Waals surface area (Å²) in [4.78, 5) is 0. The van der Waals surface area contributed by atoms with E-state index in [0.717, 1.165) is 55.0 Å². The fraction of sp³-hybridized carbons (Fsp3) is 0. The molecule has 1 aromatic heterocycles. The first kappa shape index (κ1) is 29.3. The number of hydrogen-bond donors (Lipinski definition) is 0. The SMILES string of the molecule is N#Cc1cc2ccc(-c3ccc(-c4ccc5c(c4)c4ccccc4c4cc6c(cc54)oc4c5ccccc5c5ccccc5c64)cc3)cc2cc1C#N. The van der Waals surface area contributed by atoms with Crippen LogP contribution in [0.3, 0.4) is 0 Å². The van der Waals surface area contributed by atoms with Gasteiger partial charge in [-0.05, 0) is 118 Å². The Morgan fingerprint density at radius 1 is 0.340 bits per heavy atom. The Balaban J connectivity index is 1.08. The van der Waals surface area contributed by atoms with Crippen LogP contribution in [0.1, 0.15) is 11.1 Å². The van der Waals surface area contributed by atoms with E-state index in [0.29, 0.717) is 11.1 Å². The molecule has 0 spiro atoms. The molecule has 0 bridgehead atoms. The van der Waals surface area contributed by atoms with E-state index >= 15 is 0 Å². The molecule has 0 amide bonds. The van der Waals surface area contributed by atoms with E-state index in [9.17, 15) is 10.5 Å². The minimum Gasteiger partial charge on any atom is -0.455 e. The maximum Gasteiger partial charge on any atom is 0.143 e. The molecule has 0 saturated heterocycles. The number of nitrogens with zero attached hydrogens (tertiary/aromatic N) is 2. The van der Waals surface area contributed by atoms with E-state index in [2.05, 4.69) is 152 Å². The molecule has 0 fully saturated rings. The van der Waals surface area contributed by atoms with Gasteiger partial charge in [0.05, 0.1) is 11.1 Å². The second kappa shape index (κ2) is 11.0. The number of hydrogen-bond acceptors (Lipinski definition) is 3. The highest BCUT2D eigenvalue weighted by Gasteiger charge is 2.18. The molecule has 0 unspecified atom stereocenters. The molecule has 10 aromatic carbocycles. The Morgan fingerprint density at radius 2 is 0.811 bits per heavy atom. The molecule has 53 heavy (non-hydrogen) atoms. The molecule has 0 atom stereocenters. The van der Waals surface area contributed by atoms with E-state index in [1.165, 1.54) is 53.9 Å². The van der Waals surface area contributed by atoms with Crippen LogP contribution in [0.25, 0.3) is 109 Å². The summed E-state index contributed by atoms with van der Waals surface area (Å²) in [6.45, 7) is 0. The summed E-state index contributed by atoms with van der Waals surface area (Å²) in [7, 11) is 0. The van der Waals surface area contributed by atoms with Crippen LogP contribution in [-0.2, 0) is 0 Å². The minimum absolute atomic E-state index is 0.397. The summed E-state index contributed by atoms with van der Waals surface area (Å²) in [6.07, 6.45) is 0. The normalized spacial score (nSPS) is 11.7. The maximum absolute atomic E-state index is 9.54. The van der Waals surface area contributed by atoms with Crippen molar-refractivity contribution in [2.75, 3.05) is 0 Å². The second-order valence-corrected chi connectivity index (χ2v) is 13.9. The highest BCUT2D eigenvalue weighted by atomic mass is 16.3. The standard InChI is InChI=1S/C50H26N2O/c51-27-35-22-32-18-17-31(21-34(32)23-36(35)28-52)29-13-15-30(16-14-29)33-19-20-41-44(24-33)39-9-1-2-10-40(39)45-25-47-48(26-46(41)45)53-50-43-12-6-4-8-38(43)37-7-3-5-11-42(37)49(47)50/h1-26H. The van der Waals surface area contributed by atoms with Gasteiger partial charge in [-0.25, -0.2) is 0 Å². The minimum atomic E-state index is 0.397. The van der Waals surface area contributed by atoms with Crippen LogP contribution >= 0.6 is 0 Å². The van der Waals surface area contributed by atoms with Crippen molar-refractivity contribution in [3.63, 3.8) is 0 Å². The lowest BCUT2D eigenvalue weighted by Crippen LogP contribution is -1.87. The summed E-state index contributed by atoms with van der Waals surface area (Å²) in [6, 6.07) is 60.1. The number of benzene rings is 10. The van der Waals surface area contributed by atoms with E-state index in [4.69, 9.17) is 4.42 Å². The average Bonchev–Trinajstić information content (AvgIpc) is 3.61. The molecular weight excluding hydrogens is 645 g/mol. The summed E-state index contributed by atoms with van der Waals surface area (Å²) < 4.78 is 6.80. The quantitative estimate of drug-likeness (QED) is 0.172. The molecule has 242 valence electrons. The Hall–Kier alpha value is -7.46. The fourth-order valence-corrected chi connectivity index (χ4v) is 8.55. The van der Waals surface area contributed by atoms with Crippen molar-refractivity contribution < 1.29 is 4.42 Å². The molecular formula is C50H26N2O. The number of furan rings is 1. The zero-order valence-corrected chi connectivity index (χ0v) is 28.3. The van der Waals surface area contributed by atoms with E-state index in [1.54, 1.807) is 12.1 Å². The van der Waals surface area contributed by atoms with Gasteiger partial charge >= 0.3 is 0 Å². The molecule has 3 nitrogen and oxygen atoms in total. The van der Waals surface area contributed by atoms with Crippen molar-refractivity contribution in [3.8, 4) is 34.4 Å². The van der Waals surface area contributed by atoms with Crippen LogP contribution in [0.5, 0.6) is 0 Å². The van der Waals surface area contributed by atoms with Gasteiger partial charge in [-0.3, -0.25) is 0 Å². The van der Waals surface area contributed by atoms with Gasteiger partial charge in [0.25, 0.3) is 0 Å². The summed E-state index contributed by atoms with van der Waals surface area (Å²) in [5.41, 5.74) is 7.07. The van der Waals surface area contributed by atoms with Gasteiger partial charge in [-0.2, -0.15) is 10.5 Å². The third-order valence-electron chi connectivity index (χ3n) is 11.1. The highest BCUT2D eigenvalue weighted by Crippen LogP contribution is 2.45. The first-order valence-corrected chi connectivity index (χ1v) is 17.7. The average molecular weight is 671 g/mol. The molecule has 1 heterocycles. The van der Waals surface area contributed by atoms with Crippen molar-refractivity contribution in [3.05, 3.63) is 169 Å². The molecule has 11 rings (SSSR count). The van der Waals surface area contributed by atoms with Gasteiger partial charge in [0.15, 0.2) is 0 Å². The first-order chi connectivity index (χ1) is 26.2. The van der Waals surface area contributed by atoms with Crippen LogP contribution in [0, 0.1) is 22.7 Å². The lowest BCUT2D eigenvalue weighted by atomic mass is 9.90. The van der Waals surface area contributed by atoms with Crippen molar-refractivity contribution >= 4 is 86.6 Å². The number of rotatable bonds is 2. The van der Waals surface area contributed by atoms with Gasteiger partial charge in [-0.15, -0.1) is 0 Å².